The Labute approximate surface area is 205 Å². The smallest absolute Gasteiger partial charge is 0.416 e. The Morgan fingerprint density at radius 3 is 2.59 bits per heavy atom. The standard InChI is InChI=1S/C26H22Cl2F3NO2/c1-13-20-10-16(26(29,30)31)6-5-15(20)12-32-24(13)23(18-8-7-17(27)11-21(18)28)19-4-2-3-14(25(19)32)9-22(33)34/h5-8,10-11,13-14H,2-4,9,12H2,1H3,(H,33,34). The summed E-state index contributed by atoms with van der Waals surface area (Å²) in [5.41, 5.74) is 5.37. The van der Waals surface area contributed by atoms with E-state index in [0.717, 1.165) is 59.0 Å². The van der Waals surface area contributed by atoms with E-state index >= 15 is 0 Å². The van der Waals surface area contributed by atoms with Crippen LogP contribution in [-0.4, -0.2) is 15.6 Å². The first-order chi connectivity index (χ1) is 16.1. The van der Waals surface area contributed by atoms with Crippen LogP contribution < -0.4 is 0 Å². The zero-order valence-corrected chi connectivity index (χ0v) is 19.9. The number of alkyl halides is 3. The molecule has 1 aliphatic carbocycles. The first-order valence-electron chi connectivity index (χ1n) is 11.2. The highest BCUT2D eigenvalue weighted by Crippen LogP contribution is 2.50. The van der Waals surface area contributed by atoms with Gasteiger partial charge in [0.2, 0.25) is 0 Å². The fraction of sp³-hybridized carbons (Fsp3) is 0.346. The molecule has 3 nitrogen and oxygen atoms in total. The summed E-state index contributed by atoms with van der Waals surface area (Å²) in [6.45, 7) is 2.31. The van der Waals surface area contributed by atoms with Crippen LogP contribution in [0.25, 0.3) is 11.1 Å². The molecule has 3 aromatic rings. The van der Waals surface area contributed by atoms with Crippen molar-refractivity contribution in [2.24, 2.45) is 0 Å². The molecule has 34 heavy (non-hydrogen) atoms. The molecule has 0 radical (unpaired) electrons. The van der Waals surface area contributed by atoms with Crippen molar-refractivity contribution in [3.63, 3.8) is 0 Å². The molecule has 1 aromatic heterocycles. The largest absolute Gasteiger partial charge is 0.481 e. The van der Waals surface area contributed by atoms with E-state index in [9.17, 15) is 23.1 Å². The van der Waals surface area contributed by atoms with Crippen LogP contribution in [0.2, 0.25) is 10.0 Å². The van der Waals surface area contributed by atoms with E-state index < -0.39 is 17.7 Å². The fourth-order valence-electron chi connectivity index (χ4n) is 5.75. The van der Waals surface area contributed by atoms with E-state index in [2.05, 4.69) is 4.57 Å². The predicted octanol–water partition coefficient (Wildman–Crippen LogP) is 7.89. The first kappa shape index (κ1) is 23.3. The van der Waals surface area contributed by atoms with Gasteiger partial charge >= 0.3 is 12.1 Å². The van der Waals surface area contributed by atoms with Gasteiger partial charge in [-0.1, -0.05) is 42.3 Å². The Balaban J connectivity index is 1.77. The normalized spacial score (nSPS) is 19.4. The molecule has 2 aliphatic rings. The lowest BCUT2D eigenvalue weighted by atomic mass is 9.82. The highest BCUT2D eigenvalue weighted by Gasteiger charge is 2.38. The summed E-state index contributed by atoms with van der Waals surface area (Å²) in [4.78, 5) is 11.7. The van der Waals surface area contributed by atoms with E-state index in [1.165, 1.54) is 6.07 Å². The summed E-state index contributed by atoms with van der Waals surface area (Å²) < 4.78 is 42.6. The highest BCUT2D eigenvalue weighted by atomic mass is 35.5. The molecule has 2 unspecified atom stereocenters. The molecule has 0 fully saturated rings. The van der Waals surface area contributed by atoms with Crippen LogP contribution in [0, 0.1) is 0 Å². The number of carboxylic acid groups (broad SMARTS) is 1. The van der Waals surface area contributed by atoms with Crippen LogP contribution in [0.5, 0.6) is 0 Å². The van der Waals surface area contributed by atoms with Gasteiger partial charge in [-0.05, 0) is 60.2 Å². The van der Waals surface area contributed by atoms with Gasteiger partial charge in [0.1, 0.15) is 0 Å². The Bertz CT molecular complexity index is 1310. The third kappa shape index (κ3) is 3.81. The van der Waals surface area contributed by atoms with E-state index in [-0.39, 0.29) is 18.3 Å². The number of nitrogens with zero attached hydrogens (tertiary/aromatic N) is 1. The van der Waals surface area contributed by atoms with Gasteiger partial charge in [0.25, 0.3) is 0 Å². The maximum atomic E-state index is 13.5. The molecule has 1 aliphatic heterocycles. The number of halogens is 5. The lowest BCUT2D eigenvalue weighted by Crippen LogP contribution is -2.23. The summed E-state index contributed by atoms with van der Waals surface area (Å²) in [6, 6.07) is 9.18. The van der Waals surface area contributed by atoms with Crippen LogP contribution in [0.3, 0.4) is 0 Å². The average molecular weight is 508 g/mol. The van der Waals surface area contributed by atoms with Crippen molar-refractivity contribution < 1.29 is 23.1 Å². The monoisotopic (exact) mass is 507 g/mol. The molecule has 178 valence electrons. The maximum absolute atomic E-state index is 13.5. The Morgan fingerprint density at radius 1 is 1.15 bits per heavy atom. The molecule has 5 rings (SSSR count). The summed E-state index contributed by atoms with van der Waals surface area (Å²) in [7, 11) is 0. The van der Waals surface area contributed by atoms with E-state index in [1.54, 1.807) is 18.2 Å². The number of carbonyl (C=O) groups is 1. The second-order valence-electron chi connectivity index (χ2n) is 9.15. The first-order valence-corrected chi connectivity index (χ1v) is 11.9. The van der Waals surface area contributed by atoms with E-state index in [4.69, 9.17) is 23.2 Å². The van der Waals surface area contributed by atoms with Crippen LogP contribution >= 0.6 is 23.2 Å². The molecule has 0 bridgehead atoms. The van der Waals surface area contributed by atoms with Crippen LogP contribution in [-0.2, 0) is 23.9 Å². The molecule has 8 heteroatoms. The van der Waals surface area contributed by atoms with Gasteiger partial charge in [-0.3, -0.25) is 4.79 Å². The van der Waals surface area contributed by atoms with Gasteiger partial charge in [0.05, 0.1) is 12.0 Å². The zero-order valence-electron chi connectivity index (χ0n) is 18.3. The number of carboxylic acids is 1. The van der Waals surface area contributed by atoms with Crippen molar-refractivity contribution in [3.05, 3.63) is 80.1 Å². The molecule has 0 amide bonds. The van der Waals surface area contributed by atoms with Gasteiger partial charge in [-0.15, -0.1) is 0 Å². The van der Waals surface area contributed by atoms with Crippen LogP contribution in [0.4, 0.5) is 13.2 Å². The van der Waals surface area contributed by atoms with Crippen LogP contribution in [0.15, 0.2) is 36.4 Å². The third-order valence-corrected chi connectivity index (χ3v) is 7.66. The van der Waals surface area contributed by atoms with Crippen molar-refractivity contribution >= 4 is 29.2 Å². The van der Waals surface area contributed by atoms with Gasteiger partial charge in [-0.25, -0.2) is 0 Å². The summed E-state index contributed by atoms with van der Waals surface area (Å²) in [6.07, 6.45) is -2.06. The Hall–Kier alpha value is -2.44. The summed E-state index contributed by atoms with van der Waals surface area (Å²) >= 11 is 12.8. The molecule has 0 saturated heterocycles. The number of rotatable bonds is 3. The van der Waals surface area contributed by atoms with E-state index in [1.807, 2.05) is 13.0 Å². The van der Waals surface area contributed by atoms with Crippen molar-refractivity contribution in [1.29, 1.82) is 0 Å². The Kier molecular flexibility index (Phi) is 5.72. The van der Waals surface area contributed by atoms with Gasteiger partial charge < -0.3 is 9.67 Å². The van der Waals surface area contributed by atoms with Gasteiger partial charge in [0, 0.05) is 50.9 Å². The third-order valence-electron chi connectivity index (χ3n) is 7.11. The minimum atomic E-state index is -4.43. The highest BCUT2D eigenvalue weighted by molar-refractivity contribution is 6.36. The van der Waals surface area contributed by atoms with E-state index in [0.29, 0.717) is 22.2 Å². The molecule has 2 heterocycles. The van der Waals surface area contributed by atoms with Crippen molar-refractivity contribution in [2.75, 3.05) is 0 Å². The quantitative estimate of drug-likeness (QED) is 0.391. The van der Waals surface area contributed by atoms with Gasteiger partial charge in [0.15, 0.2) is 0 Å². The van der Waals surface area contributed by atoms with Crippen molar-refractivity contribution in [1.82, 2.24) is 4.57 Å². The molecule has 1 N–H and O–H groups in total. The number of benzene rings is 2. The number of fused-ring (bicyclic) bond motifs is 4. The lowest BCUT2D eigenvalue weighted by molar-refractivity contribution is -0.138. The Morgan fingerprint density at radius 2 is 1.91 bits per heavy atom. The fourth-order valence-corrected chi connectivity index (χ4v) is 6.25. The van der Waals surface area contributed by atoms with Crippen molar-refractivity contribution in [3.8, 4) is 11.1 Å². The minimum absolute atomic E-state index is 0.0124. The SMILES string of the molecule is CC1c2cc(C(F)(F)F)ccc2Cn2c3c(c(-c4ccc(Cl)cc4Cl)c21)CCCC3CC(=O)O. The van der Waals surface area contributed by atoms with Crippen LogP contribution in [0.1, 0.15) is 71.7 Å². The molecule has 0 spiro atoms. The molecule has 2 aromatic carbocycles. The second-order valence-corrected chi connectivity index (χ2v) is 10.00. The molecular weight excluding hydrogens is 486 g/mol. The zero-order chi connectivity index (χ0) is 24.4. The minimum Gasteiger partial charge on any atom is -0.481 e. The molecular formula is C26H22Cl2F3NO2. The topological polar surface area (TPSA) is 42.2 Å². The average Bonchev–Trinajstić information content (AvgIpc) is 3.08. The maximum Gasteiger partial charge on any atom is 0.416 e. The summed E-state index contributed by atoms with van der Waals surface area (Å²) in [5.74, 6) is -1.36. The summed E-state index contributed by atoms with van der Waals surface area (Å²) in [5, 5.41) is 10.5. The molecule has 2 atom stereocenters. The lowest BCUT2D eigenvalue weighted by Gasteiger charge is -2.30. The van der Waals surface area contributed by atoms with Crippen molar-refractivity contribution in [2.45, 2.75) is 57.2 Å². The molecule has 0 saturated carbocycles. The number of aromatic nitrogens is 1. The number of aliphatic carboxylic acids is 1. The number of hydrogen-bond acceptors (Lipinski definition) is 1. The van der Waals surface area contributed by atoms with Gasteiger partial charge in [-0.2, -0.15) is 13.2 Å². The second kappa shape index (κ2) is 8.35. The predicted molar refractivity (Wildman–Crippen MR) is 126 cm³/mol. The number of hydrogen-bond donors (Lipinski definition) is 1.